The summed E-state index contributed by atoms with van der Waals surface area (Å²) >= 11 is 0. The fraction of sp³-hybridized carbons (Fsp3) is 0.455. The average Bonchev–Trinajstić information content (AvgIpc) is 2.26. The summed E-state index contributed by atoms with van der Waals surface area (Å²) in [6.45, 7) is 2.67. The number of hydrogen-bond donors (Lipinski definition) is 0. The van der Waals surface area contributed by atoms with Crippen LogP contribution in [0, 0.1) is 0 Å². The van der Waals surface area contributed by atoms with Crippen LogP contribution in [0.2, 0.25) is 0 Å². The molecule has 0 aliphatic heterocycles. The Morgan fingerprint density at radius 3 is 2.93 bits per heavy atom. The van der Waals surface area contributed by atoms with Crippen molar-refractivity contribution in [3.8, 4) is 5.88 Å². The average molecular weight is 208 g/mol. The molecule has 0 saturated heterocycles. The Bertz CT molecular complexity index is 382. The molecular formula is C11H16N2O2. The van der Waals surface area contributed by atoms with Crippen molar-refractivity contribution in [2.75, 3.05) is 7.11 Å². The van der Waals surface area contributed by atoms with Gasteiger partial charge in [-0.2, -0.15) is 0 Å². The van der Waals surface area contributed by atoms with Gasteiger partial charge in [-0.05, 0) is 12.8 Å². The molecule has 0 aliphatic rings. The second kappa shape index (κ2) is 6.01. The number of hydrogen-bond acceptors (Lipinski definition) is 3. The molecule has 0 radical (unpaired) electrons. The van der Waals surface area contributed by atoms with Crippen molar-refractivity contribution in [2.24, 2.45) is 0 Å². The summed E-state index contributed by atoms with van der Waals surface area (Å²) in [6.07, 6.45) is 5.95. The lowest BCUT2D eigenvalue weighted by molar-refractivity contribution is 0.376. The van der Waals surface area contributed by atoms with Crippen molar-refractivity contribution in [3.63, 3.8) is 0 Å². The van der Waals surface area contributed by atoms with Gasteiger partial charge in [0.15, 0.2) is 0 Å². The van der Waals surface area contributed by atoms with Crippen molar-refractivity contribution in [3.05, 3.63) is 34.6 Å². The van der Waals surface area contributed by atoms with Crippen LogP contribution in [0.5, 0.6) is 5.88 Å². The van der Waals surface area contributed by atoms with E-state index < -0.39 is 0 Å². The minimum atomic E-state index is -0.0966. The highest BCUT2D eigenvalue weighted by Gasteiger charge is 1.98. The van der Waals surface area contributed by atoms with Crippen LogP contribution < -0.4 is 10.3 Å². The molecule has 4 heteroatoms. The van der Waals surface area contributed by atoms with Crippen LogP contribution >= 0.6 is 0 Å². The summed E-state index contributed by atoms with van der Waals surface area (Å²) in [6, 6.07) is 3.04. The SMILES string of the molecule is CCC=CCCn1nc(OC)ccc1=O. The molecule has 0 saturated carbocycles. The first-order chi connectivity index (χ1) is 7.27. The van der Waals surface area contributed by atoms with E-state index in [1.807, 2.05) is 6.08 Å². The van der Waals surface area contributed by atoms with Crippen LogP contribution in [0.15, 0.2) is 29.1 Å². The van der Waals surface area contributed by atoms with E-state index in [4.69, 9.17) is 4.74 Å². The maximum Gasteiger partial charge on any atom is 0.266 e. The first-order valence-corrected chi connectivity index (χ1v) is 5.05. The highest BCUT2D eigenvalue weighted by Crippen LogP contribution is 1.99. The lowest BCUT2D eigenvalue weighted by atomic mass is 10.3. The molecule has 1 heterocycles. The summed E-state index contributed by atoms with van der Waals surface area (Å²) in [4.78, 5) is 11.4. The Hall–Kier alpha value is -1.58. The number of methoxy groups -OCH3 is 1. The van der Waals surface area contributed by atoms with Crippen LogP contribution in [0.3, 0.4) is 0 Å². The van der Waals surface area contributed by atoms with Gasteiger partial charge in [-0.1, -0.05) is 19.1 Å². The smallest absolute Gasteiger partial charge is 0.266 e. The van der Waals surface area contributed by atoms with Crippen LogP contribution in [-0.4, -0.2) is 16.9 Å². The van der Waals surface area contributed by atoms with E-state index in [0.717, 1.165) is 12.8 Å². The minimum Gasteiger partial charge on any atom is -0.480 e. The van der Waals surface area contributed by atoms with E-state index in [2.05, 4.69) is 18.1 Å². The van der Waals surface area contributed by atoms with E-state index in [1.54, 1.807) is 6.07 Å². The number of aromatic nitrogens is 2. The summed E-state index contributed by atoms with van der Waals surface area (Å²) < 4.78 is 6.36. The van der Waals surface area contributed by atoms with E-state index in [1.165, 1.54) is 17.9 Å². The molecule has 0 amide bonds. The number of aryl methyl sites for hydroxylation is 1. The fourth-order valence-electron chi connectivity index (χ4n) is 1.18. The van der Waals surface area contributed by atoms with E-state index in [-0.39, 0.29) is 5.56 Å². The van der Waals surface area contributed by atoms with Crippen molar-refractivity contribution in [1.82, 2.24) is 9.78 Å². The van der Waals surface area contributed by atoms with E-state index in [9.17, 15) is 4.79 Å². The molecule has 0 spiro atoms. The Labute approximate surface area is 89.2 Å². The van der Waals surface area contributed by atoms with Crippen LogP contribution in [0.25, 0.3) is 0 Å². The lowest BCUT2D eigenvalue weighted by Gasteiger charge is -2.03. The van der Waals surface area contributed by atoms with Crippen molar-refractivity contribution in [1.29, 1.82) is 0 Å². The largest absolute Gasteiger partial charge is 0.480 e. The molecule has 82 valence electrons. The van der Waals surface area contributed by atoms with Crippen LogP contribution in [-0.2, 0) is 6.54 Å². The molecule has 1 rings (SSSR count). The normalized spacial score (nSPS) is 10.8. The van der Waals surface area contributed by atoms with Gasteiger partial charge >= 0.3 is 0 Å². The van der Waals surface area contributed by atoms with Crippen LogP contribution in [0.1, 0.15) is 19.8 Å². The zero-order valence-electron chi connectivity index (χ0n) is 9.14. The second-order valence-electron chi connectivity index (χ2n) is 3.11. The van der Waals surface area contributed by atoms with Gasteiger partial charge in [-0.3, -0.25) is 4.79 Å². The summed E-state index contributed by atoms with van der Waals surface area (Å²) in [7, 11) is 1.54. The van der Waals surface area contributed by atoms with E-state index in [0.29, 0.717) is 12.4 Å². The fourth-order valence-corrected chi connectivity index (χ4v) is 1.18. The van der Waals surface area contributed by atoms with Crippen molar-refractivity contribution < 1.29 is 4.74 Å². The molecule has 15 heavy (non-hydrogen) atoms. The number of ether oxygens (including phenoxy) is 1. The Morgan fingerprint density at radius 2 is 2.27 bits per heavy atom. The number of allylic oxidation sites excluding steroid dienone is 2. The zero-order chi connectivity index (χ0) is 11.1. The van der Waals surface area contributed by atoms with Gasteiger partial charge in [0.2, 0.25) is 5.88 Å². The van der Waals surface area contributed by atoms with Gasteiger partial charge in [-0.25, -0.2) is 4.68 Å². The highest BCUT2D eigenvalue weighted by atomic mass is 16.5. The molecule has 0 fully saturated rings. The first-order valence-electron chi connectivity index (χ1n) is 5.05. The molecule has 0 N–H and O–H groups in total. The molecule has 1 aromatic heterocycles. The van der Waals surface area contributed by atoms with Gasteiger partial charge in [0.05, 0.1) is 7.11 Å². The molecule has 0 aromatic carbocycles. The second-order valence-corrected chi connectivity index (χ2v) is 3.11. The molecule has 4 nitrogen and oxygen atoms in total. The third-order valence-corrected chi connectivity index (χ3v) is 1.96. The third kappa shape index (κ3) is 3.58. The van der Waals surface area contributed by atoms with Gasteiger partial charge in [0.25, 0.3) is 5.56 Å². The molecule has 1 aromatic rings. The lowest BCUT2D eigenvalue weighted by Crippen LogP contribution is -2.21. The van der Waals surface area contributed by atoms with Crippen LogP contribution in [0.4, 0.5) is 0 Å². The topological polar surface area (TPSA) is 44.1 Å². The highest BCUT2D eigenvalue weighted by molar-refractivity contribution is 5.06. The zero-order valence-corrected chi connectivity index (χ0v) is 9.14. The summed E-state index contributed by atoms with van der Waals surface area (Å²) in [5.74, 6) is 0.467. The number of rotatable bonds is 5. The molecule has 0 atom stereocenters. The Balaban J connectivity index is 2.67. The summed E-state index contributed by atoms with van der Waals surface area (Å²) in [5.41, 5.74) is -0.0966. The minimum absolute atomic E-state index is 0.0966. The third-order valence-electron chi connectivity index (χ3n) is 1.96. The predicted octanol–water partition coefficient (Wildman–Crippen LogP) is 1.61. The molecule has 0 unspecified atom stereocenters. The molecule has 0 aliphatic carbocycles. The number of nitrogens with zero attached hydrogens (tertiary/aromatic N) is 2. The monoisotopic (exact) mass is 208 g/mol. The summed E-state index contributed by atoms with van der Waals surface area (Å²) in [5, 5.41) is 4.04. The molecular weight excluding hydrogens is 192 g/mol. The van der Waals surface area contributed by atoms with Gasteiger partial charge < -0.3 is 4.74 Å². The Morgan fingerprint density at radius 1 is 1.47 bits per heavy atom. The maximum absolute atomic E-state index is 11.4. The van der Waals surface area contributed by atoms with Crippen molar-refractivity contribution in [2.45, 2.75) is 26.3 Å². The predicted molar refractivity (Wildman–Crippen MR) is 59.1 cm³/mol. The van der Waals surface area contributed by atoms with Gasteiger partial charge in [0, 0.05) is 18.7 Å². The van der Waals surface area contributed by atoms with Gasteiger partial charge in [0.1, 0.15) is 0 Å². The first kappa shape index (κ1) is 11.5. The van der Waals surface area contributed by atoms with Gasteiger partial charge in [-0.15, -0.1) is 5.10 Å². The Kier molecular flexibility index (Phi) is 4.60. The quantitative estimate of drug-likeness (QED) is 0.690. The molecule has 0 bridgehead atoms. The maximum atomic E-state index is 11.4. The van der Waals surface area contributed by atoms with E-state index >= 15 is 0 Å². The standard InChI is InChI=1S/C11H16N2O2/c1-3-4-5-6-9-13-11(14)8-7-10(12-13)15-2/h4-5,7-8H,3,6,9H2,1-2H3. The van der Waals surface area contributed by atoms with Crippen molar-refractivity contribution >= 4 is 0 Å².